The number of hydrogen-bond donors (Lipinski definition) is 0. The molecule has 14 heavy (non-hydrogen) atoms. The molecule has 1 aromatic rings. The van der Waals surface area contributed by atoms with E-state index in [4.69, 9.17) is 5.26 Å². The van der Waals surface area contributed by atoms with Crippen LogP contribution in [0.25, 0.3) is 0 Å². The average molecular weight is 188 g/mol. The maximum absolute atomic E-state index is 10.7. The highest BCUT2D eigenvalue weighted by Gasteiger charge is 2.09. The second kappa shape index (κ2) is 4.43. The van der Waals surface area contributed by atoms with Crippen LogP contribution in [-0.4, -0.2) is 5.97 Å². The molecule has 0 aliphatic heterocycles. The molecule has 1 atom stereocenters. The summed E-state index contributed by atoms with van der Waals surface area (Å²) in [6, 6.07) is 8.51. The van der Waals surface area contributed by atoms with E-state index < -0.39 is 11.9 Å². The van der Waals surface area contributed by atoms with Gasteiger partial charge in [0.15, 0.2) is 0 Å². The topological polar surface area (TPSA) is 63.9 Å². The second-order valence-electron chi connectivity index (χ2n) is 3.01. The lowest BCUT2D eigenvalue weighted by Crippen LogP contribution is -2.29. The first-order valence-corrected chi connectivity index (χ1v) is 4.40. The molecule has 0 saturated carbocycles. The smallest absolute Gasteiger partial charge is 0.0991 e. The van der Waals surface area contributed by atoms with Crippen molar-refractivity contribution in [3.05, 3.63) is 35.4 Å². The zero-order valence-corrected chi connectivity index (χ0v) is 7.86. The maximum Gasteiger partial charge on any atom is 0.0991 e. The van der Waals surface area contributed by atoms with E-state index in [1.807, 2.05) is 6.07 Å². The van der Waals surface area contributed by atoms with Gasteiger partial charge in [-0.15, -0.1) is 0 Å². The third-order valence-electron chi connectivity index (χ3n) is 2.13. The van der Waals surface area contributed by atoms with Crippen molar-refractivity contribution < 1.29 is 9.90 Å². The largest absolute Gasteiger partial charge is 0.549 e. The summed E-state index contributed by atoms with van der Waals surface area (Å²) in [6.07, 6.45) is 0.494. The fraction of sp³-hybridized carbons (Fsp3) is 0.273. The van der Waals surface area contributed by atoms with E-state index >= 15 is 0 Å². The highest BCUT2D eigenvalue weighted by Crippen LogP contribution is 2.18. The molecule has 0 bridgehead atoms. The molecule has 3 heteroatoms. The van der Waals surface area contributed by atoms with Gasteiger partial charge >= 0.3 is 0 Å². The van der Waals surface area contributed by atoms with Crippen LogP contribution in [0.5, 0.6) is 0 Å². The highest BCUT2D eigenvalue weighted by molar-refractivity contribution is 5.73. The van der Waals surface area contributed by atoms with Crippen LogP contribution in [0.3, 0.4) is 0 Å². The summed E-state index contributed by atoms with van der Waals surface area (Å²) in [4.78, 5) is 10.7. The van der Waals surface area contributed by atoms with Crippen molar-refractivity contribution in [3.63, 3.8) is 0 Å². The van der Waals surface area contributed by atoms with Gasteiger partial charge in [0.2, 0.25) is 0 Å². The number of benzene rings is 1. The molecular formula is C11H10NO2-. The minimum Gasteiger partial charge on any atom is -0.549 e. The number of nitriles is 1. The SMILES string of the molecule is CCC(C(=O)[O-])c1ccc(C#N)cc1. The van der Waals surface area contributed by atoms with Crippen molar-refractivity contribution in [1.82, 2.24) is 0 Å². The monoisotopic (exact) mass is 188 g/mol. The Kier molecular flexibility index (Phi) is 3.24. The van der Waals surface area contributed by atoms with Gasteiger partial charge in [-0.2, -0.15) is 5.26 Å². The number of hydrogen-bond acceptors (Lipinski definition) is 3. The molecule has 0 spiro atoms. The first-order valence-electron chi connectivity index (χ1n) is 4.40. The predicted octanol–water partition coefficient (Wildman–Crippen LogP) is 0.802. The van der Waals surface area contributed by atoms with Crippen molar-refractivity contribution in [1.29, 1.82) is 5.26 Å². The molecule has 1 unspecified atom stereocenters. The van der Waals surface area contributed by atoms with Crippen LogP contribution in [0.15, 0.2) is 24.3 Å². The number of carboxylic acids is 1. The second-order valence-corrected chi connectivity index (χ2v) is 3.01. The van der Waals surface area contributed by atoms with E-state index in [0.717, 1.165) is 0 Å². The van der Waals surface area contributed by atoms with E-state index in [1.165, 1.54) is 0 Å². The van der Waals surface area contributed by atoms with Crippen LogP contribution >= 0.6 is 0 Å². The molecule has 0 heterocycles. The minimum atomic E-state index is -1.07. The van der Waals surface area contributed by atoms with Crippen LogP contribution in [0.2, 0.25) is 0 Å². The van der Waals surface area contributed by atoms with Crippen molar-refractivity contribution >= 4 is 5.97 Å². The zero-order valence-electron chi connectivity index (χ0n) is 7.86. The van der Waals surface area contributed by atoms with Crippen LogP contribution in [0, 0.1) is 11.3 Å². The average Bonchev–Trinajstić information content (AvgIpc) is 2.19. The predicted molar refractivity (Wildman–Crippen MR) is 49.2 cm³/mol. The minimum absolute atomic E-state index is 0.494. The maximum atomic E-state index is 10.7. The molecule has 0 amide bonds. The van der Waals surface area contributed by atoms with Gasteiger partial charge in [0.05, 0.1) is 11.6 Å². The first kappa shape index (κ1) is 10.3. The van der Waals surface area contributed by atoms with E-state index in [0.29, 0.717) is 17.5 Å². The normalized spacial score (nSPS) is 11.7. The standard InChI is InChI=1S/C11H11NO2/c1-2-10(11(13)14)9-5-3-8(7-12)4-6-9/h3-6,10H,2H2,1H3,(H,13,14)/p-1. The Morgan fingerprint density at radius 2 is 2.07 bits per heavy atom. The Morgan fingerprint density at radius 3 is 2.43 bits per heavy atom. The van der Waals surface area contributed by atoms with Crippen molar-refractivity contribution in [2.75, 3.05) is 0 Å². The number of carboxylic acid groups (broad SMARTS) is 1. The Bertz CT molecular complexity index is 362. The number of carbonyl (C=O) groups excluding carboxylic acids is 1. The van der Waals surface area contributed by atoms with Crippen LogP contribution < -0.4 is 5.11 Å². The van der Waals surface area contributed by atoms with Gasteiger partial charge in [-0.3, -0.25) is 0 Å². The number of nitrogens with zero attached hydrogens (tertiary/aromatic N) is 1. The summed E-state index contributed by atoms with van der Waals surface area (Å²) in [7, 11) is 0. The van der Waals surface area contributed by atoms with E-state index in [2.05, 4.69) is 0 Å². The number of carbonyl (C=O) groups is 1. The van der Waals surface area contributed by atoms with E-state index in [-0.39, 0.29) is 0 Å². The third kappa shape index (κ3) is 2.11. The Balaban J connectivity index is 2.96. The molecule has 0 aliphatic rings. The summed E-state index contributed by atoms with van der Waals surface area (Å²) in [6.45, 7) is 1.79. The van der Waals surface area contributed by atoms with Gasteiger partial charge in [0.25, 0.3) is 0 Å². The van der Waals surface area contributed by atoms with Crippen molar-refractivity contribution in [3.8, 4) is 6.07 Å². The lowest BCUT2D eigenvalue weighted by molar-refractivity contribution is -0.308. The summed E-state index contributed by atoms with van der Waals surface area (Å²) >= 11 is 0. The van der Waals surface area contributed by atoms with Gasteiger partial charge in [-0.1, -0.05) is 19.1 Å². The van der Waals surface area contributed by atoms with Crippen molar-refractivity contribution in [2.45, 2.75) is 19.3 Å². The highest BCUT2D eigenvalue weighted by atomic mass is 16.4. The molecule has 0 fully saturated rings. The van der Waals surface area contributed by atoms with Crippen LogP contribution in [-0.2, 0) is 4.79 Å². The first-order chi connectivity index (χ1) is 6.69. The van der Waals surface area contributed by atoms with Crippen LogP contribution in [0.1, 0.15) is 30.4 Å². The van der Waals surface area contributed by atoms with Crippen LogP contribution in [0.4, 0.5) is 0 Å². The lowest BCUT2D eigenvalue weighted by Gasteiger charge is -2.15. The number of rotatable bonds is 3. The van der Waals surface area contributed by atoms with Gasteiger partial charge in [-0.05, 0) is 24.1 Å². The molecule has 0 radical (unpaired) electrons. The number of aliphatic carboxylic acids is 1. The van der Waals surface area contributed by atoms with E-state index in [1.54, 1.807) is 31.2 Å². The Morgan fingerprint density at radius 1 is 1.50 bits per heavy atom. The molecule has 1 aromatic carbocycles. The lowest BCUT2D eigenvalue weighted by atomic mass is 9.96. The Hall–Kier alpha value is -1.82. The molecule has 1 rings (SSSR count). The van der Waals surface area contributed by atoms with Gasteiger partial charge in [-0.25, -0.2) is 0 Å². The van der Waals surface area contributed by atoms with E-state index in [9.17, 15) is 9.90 Å². The molecule has 0 N–H and O–H groups in total. The molecule has 0 aromatic heterocycles. The summed E-state index contributed by atoms with van der Waals surface area (Å²) in [5.41, 5.74) is 1.22. The fourth-order valence-electron chi connectivity index (χ4n) is 1.33. The Labute approximate surface area is 82.6 Å². The summed E-state index contributed by atoms with van der Waals surface area (Å²) in [5.74, 6) is -1.65. The molecule has 72 valence electrons. The molecular weight excluding hydrogens is 178 g/mol. The van der Waals surface area contributed by atoms with Gasteiger partial charge in [0, 0.05) is 11.9 Å². The molecule has 3 nitrogen and oxygen atoms in total. The quantitative estimate of drug-likeness (QED) is 0.704. The van der Waals surface area contributed by atoms with Crippen molar-refractivity contribution in [2.24, 2.45) is 0 Å². The summed E-state index contributed by atoms with van der Waals surface area (Å²) < 4.78 is 0. The van der Waals surface area contributed by atoms with Gasteiger partial charge < -0.3 is 9.90 Å². The van der Waals surface area contributed by atoms with Gasteiger partial charge in [0.1, 0.15) is 0 Å². The zero-order chi connectivity index (χ0) is 10.6. The molecule has 0 aliphatic carbocycles. The third-order valence-corrected chi connectivity index (χ3v) is 2.13. The molecule has 0 saturated heterocycles. The summed E-state index contributed by atoms with van der Waals surface area (Å²) in [5, 5.41) is 19.3. The fourth-order valence-corrected chi connectivity index (χ4v) is 1.33.